The van der Waals surface area contributed by atoms with Crippen LogP contribution in [-0.4, -0.2) is 53.9 Å². The number of allylic oxidation sites excluding steroid dienone is 1. The average Bonchev–Trinajstić information content (AvgIpc) is 3.55. The fourth-order valence-corrected chi connectivity index (χ4v) is 7.84. The van der Waals surface area contributed by atoms with Crippen molar-refractivity contribution >= 4 is 57.8 Å². The number of aliphatic hydroxyl groups is 1. The SMILES string of the molecule is CC(S)(CC(O)(CC1c2scnc2C=c2cc3c(nc21)=CC(=O)C=C3)C(F)(F)F)c1cc(S(C)(=O)=O)cc2c1OCC2. The first-order chi connectivity index (χ1) is 19.6. The molecular weight excluding hydrogens is 610 g/mol. The number of hydrogen-bond donors (Lipinski definition) is 2. The second-order valence-corrected chi connectivity index (χ2v) is 15.0. The number of carbonyl (C=O) groups excluding carboxylic acids is 1. The largest absolute Gasteiger partial charge is 0.493 e. The number of halogens is 3. The minimum Gasteiger partial charge on any atom is -0.493 e. The van der Waals surface area contributed by atoms with Crippen molar-refractivity contribution in [2.24, 2.45) is 0 Å². The molecule has 13 heteroatoms. The predicted molar refractivity (Wildman–Crippen MR) is 155 cm³/mol. The Labute approximate surface area is 248 Å². The van der Waals surface area contributed by atoms with E-state index in [0.29, 0.717) is 44.4 Å². The van der Waals surface area contributed by atoms with Crippen molar-refractivity contribution < 1.29 is 36.2 Å². The van der Waals surface area contributed by atoms with E-state index in [4.69, 9.17) is 4.74 Å². The molecule has 1 aromatic carbocycles. The molecule has 6 rings (SSSR count). The highest BCUT2D eigenvalue weighted by Crippen LogP contribution is 2.52. The average molecular weight is 635 g/mol. The van der Waals surface area contributed by atoms with Gasteiger partial charge in [-0.15, -0.1) is 11.3 Å². The Bertz CT molecular complexity index is 1910. The van der Waals surface area contributed by atoms with E-state index in [2.05, 4.69) is 22.6 Å². The summed E-state index contributed by atoms with van der Waals surface area (Å²) < 4.78 is 73.7. The maximum absolute atomic E-state index is 14.9. The van der Waals surface area contributed by atoms with E-state index in [0.717, 1.165) is 17.6 Å². The predicted octanol–water partition coefficient (Wildman–Crippen LogP) is 3.45. The van der Waals surface area contributed by atoms with Crippen LogP contribution in [0.1, 0.15) is 58.6 Å². The van der Waals surface area contributed by atoms with Crippen LogP contribution >= 0.6 is 24.0 Å². The number of sulfone groups is 1. The number of pyridine rings is 1. The van der Waals surface area contributed by atoms with E-state index in [-0.39, 0.29) is 28.6 Å². The van der Waals surface area contributed by atoms with Crippen molar-refractivity contribution in [1.82, 2.24) is 9.97 Å². The van der Waals surface area contributed by atoms with Gasteiger partial charge in [0.15, 0.2) is 21.2 Å². The Morgan fingerprint density at radius 3 is 2.67 bits per heavy atom. The molecule has 0 saturated heterocycles. The third-order valence-corrected chi connectivity index (χ3v) is 10.3. The fourth-order valence-electron chi connectivity index (χ4n) is 5.85. The first kappa shape index (κ1) is 29.1. The van der Waals surface area contributed by atoms with E-state index in [1.54, 1.807) is 18.2 Å². The van der Waals surface area contributed by atoms with E-state index in [9.17, 15) is 31.5 Å². The molecule has 0 spiro atoms. The van der Waals surface area contributed by atoms with E-state index < -0.39 is 45.1 Å². The smallest absolute Gasteiger partial charge is 0.417 e. The van der Waals surface area contributed by atoms with Crippen molar-refractivity contribution in [3.63, 3.8) is 0 Å². The topological polar surface area (TPSA) is 106 Å². The molecule has 3 aliphatic rings. The van der Waals surface area contributed by atoms with Gasteiger partial charge in [0.2, 0.25) is 0 Å². The minimum absolute atomic E-state index is 0.0579. The maximum Gasteiger partial charge on any atom is 0.417 e. The number of rotatable bonds is 6. The van der Waals surface area contributed by atoms with Crippen molar-refractivity contribution in [1.29, 1.82) is 0 Å². The number of thiazole rings is 1. The zero-order chi connectivity index (χ0) is 30.2. The summed E-state index contributed by atoms with van der Waals surface area (Å²) in [4.78, 5) is 21.4. The number of ketones is 1. The highest BCUT2D eigenvalue weighted by molar-refractivity contribution is 7.90. The molecule has 0 amide bonds. The highest BCUT2D eigenvalue weighted by Gasteiger charge is 2.58. The van der Waals surface area contributed by atoms with Crippen LogP contribution in [0.4, 0.5) is 13.2 Å². The lowest BCUT2D eigenvalue weighted by molar-refractivity contribution is -0.268. The lowest BCUT2D eigenvalue weighted by Gasteiger charge is -2.40. The zero-order valence-corrected chi connectivity index (χ0v) is 24.9. The van der Waals surface area contributed by atoms with Crippen LogP contribution in [0.2, 0.25) is 0 Å². The standard InChI is InChI=1S/C29H25F3N2O5S3/c1-27(40,21-11-19(42(2,37)38)8-16-5-6-39-25(16)21)13-28(36,29(30,31)32)12-20-24-17(9-23-26(20)41-14-33-23)7-15-3-4-18(35)10-22(15)34-24/h3-4,7-11,14,20,36,40H,5-6,12-13H2,1-2H3. The second kappa shape index (κ2) is 9.76. The zero-order valence-electron chi connectivity index (χ0n) is 22.4. The monoisotopic (exact) mass is 634 g/mol. The summed E-state index contributed by atoms with van der Waals surface area (Å²) in [6.45, 7) is 1.66. The first-order valence-corrected chi connectivity index (χ1v) is 16.2. The summed E-state index contributed by atoms with van der Waals surface area (Å²) in [5.41, 5.74) is 0.405. The number of alkyl halides is 3. The van der Waals surface area contributed by atoms with Gasteiger partial charge in [0, 0.05) is 51.8 Å². The van der Waals surface area contributed by atoms with Crippen molar-refractivity contribution in [3.8, 4) is 5.75 Å². The summed E-state index contributed by atoms with van der Waals surface area (Å²) in [7, 11) is -3.70. The number of carbonyl (C=O) groups is 1. The molecule has 1 aliphatic heterocycles. The van der Waals surface area contributed by atoms with Crippen LogP contribution in [0.5, 0.6) is 5.75 Å². The Morgan fingerprint density at radius 2 is 1.95 bits per heavy atom. The minimum atomic E-state index is -5.10. The normalized spacial score (nSPS) is 20.2. The van der Waals surface area contributed by atoms with E-state index in [1.165, 1.54) is 36.7 Å². The number of aromatic nitrogens is 2. The van der Waals surface area contributed by atoms with Gasteiger partial charge in [0.05, 0.1) is 33.7 Å². The molecule has 220 valence electrons. The fraction of sp³-hybridized carbons (Fsp3) is 0.345. The molecule has 2 aliphatic carbocycles. The Kier molecular flexibility index (Phi) is 6.76. The highest BCUT2D eigenvalue weighted by atomic mass is 32.2. The number of fused-ring (bicyclic) bond motifs is 4. The molecule has 3 unspecified atom stereocenters. The van der Waals surface area contributed by atoms with Crippen LogP contribution in [0.3, 0.4) is 0 Å². The van der Waals surface area contributed by atoms with Gasteiger partial charge in [-0.2, -0.15) is 25.8 Å². The molecule has 0 saturated carbocycles. The van der Waals surface area contributed by atoms with Gasteiger partial charge in [-0.3, -0.25) is 9.78 Å². The van der Waals surface area contributed by atoms with Gasteiger partial charge >= 0.3 is 6.18 Å². The van der Waals surface area contributed by atoms with Crippen molar-refractivity contribution in [3.05, 3.63) is 73.3 Å². The summed E-state index contributed by atoms with van der Waals surface area (Å²) >= 11 is 5.78. The Hall–Kier alpha value is -3.00. The number of thiol groups is 1. The Morgan fingerprint density at radius 1 is 1.19 bits per heavy atom. The van der Waals surface area contributed by atoms with Gasteiger partial charge in [-0.1, -0.05) is 0 Å². The van der Waals surface area contributed by atoms with E-state index in [1.807, 2.05) is 0 Å². The van der Waals surface area contributed by atoms with Crippen LogP contribution in [0.25, 0.3) is 18.2 Å². The molecular formula is C29H25F3N2O5S3. The summed E-state index contributed by atoms with van der Waals surface area (Å²) in [6.07, 6.45) is 0.673. The summed E-state index contributed by atoms with van der Waals surface area (Å²) in [6, 6.07) is 4.49. The van der Waals surface area contributed by atoms with Crippen LogP contribution in [0.15, 0.2) is 34.7 Å². The molecule has 7 nitrogen and oxygen atoms in total. The van der Waals surface area contributed by atoms with Crippen LogP contribution in [-0.2, 0) is 25.8 Å². The lowest BCUT2D eigenvalue weighted by atomic mass is 9.77. The molecule has 42 heavy (non-hydrogen) atoms. The molecule has 0 radical (unpaired) electrons. The first-order valence-electron chi connectivity index (χ1n) is 13.0. The third-order valence-electron chi connectivity index (χ3n) is 7.88. The summed E-state index contributed by atoms with van der Waals surface area (Å²) in [5, 5.41) is 12.5. The molecule has 3 atom stereocenters. The van der Waals surface area contributed by atoms with Gasteiger partial charge in [0.25, 0.3) is 0 Å². The van der Waals surface area contributed by atoms with Gasteiger partial charge in [0.1, 0.15) is 5.75 Å². The molecule has 0 bridgehead atoms. The van der Waals surface area contributed by atoms with Gasteiger partial charge < -0.3 is 9.84 Å². The lowest BCUT2D eigenvalue weighted by Crippen LogP contribution is -2.50. The summed E-state index contributed by atoms with van der Waals surface area (Å²) in [5.74, 6) is -0.992. The van der Waals surface area contributed by atoms with Gasteiger partial charge in [-0.05, 0) is 60.6 Å². The number of ether oxygens (including phenoxy) is 1. The molecule has 2 aromatic heterocycles. The molecule has 3 aromatic rings. The second-order valence-electron chi connectivity index (χ2n) is 11.1. The third kappa shape index (κ3) is 4.99. The number of hydrogen-bond acceptors (Lipinski definition) is 9. The van der Waals surface area contributed by atoms with Crippen LogP contribution in [0, 0.1) is 0 Å². The Balaban J connectivity index is 1.46. The van der Waals surface area contributed by atoms with Gasteiger partial charge in [-0.25, -0.2) is 13.4 Å². The number of benzene rings is 1. The quantitative estimate of drug-likeness (QED) is 0.401. The van der Waals surface area contributed by atoms with Crippen molar-refractivity contribution in [2.75, 3.05) is 12.9 Å². The molecule has 1 N–H and O–H groups in total. The molecule has 0 fully saturated rings. The van der Waals surface area contributed by atoms with Crippen LogP contribution < -0.4 is 15.3 Å². The maximum atomic E-state index is 14.9. The van der Waals surface area contributed by atoms with E-state index >= 15 is 0 Å². The molecule has 3 heterocycles. The number of nitrogens with zero attached hydrogens (tertiary/aromatic N) is 2. The van der Waals surface area contributed by atoms with Crippen molar-refractivity contribution in [2.45, 2.75) is 53.5 Å².